The Morgan fingerprint density at radius 2 is 2.00 bits per heavy atom. The van der Waals surface area contributed by atoms with Gasteiger partial charge in [0.1, 0.15) is 5.75 Å². The number of hydrogen-bond acceptors (Lipinski definition) is 3. The van der Waals surface area contributed by atoms with Crippen LogP contribution in [0.3, 0.4) is 0 Å². The molecule has 1 unspecified atom stereocenters. The summed E-state index contributed by atoms with van der Waals surface area (Å²) in [5.74, 6) is 0.299. The lowest BCUT2D eigenvalue weighted by Gasteiger charge is -2.24. The monoisotopic (exact) mass is 215 g/mol. The van der Waals surface area contributed by atoms with Crippen molar-refractivity contribution in [3.05, 3.63) is 35.9 Å². The van der Waals surface area contributed by atoms with Gasteiger partial charge in [0.2, 0.25) is 0 Å². The molecule has 0 spiro atoms. The van der Waals surface area contributed by atoms with Crippen LogP contribution in [0.1, 0.15) is 5.56 Å². The van der Waals surface area contributed by atoms with E-state index in [-0.39, 0.29) is 6.10 Å². The highest BCUT2D eigenvalue weighted by Gasteiger charge is 2.18. The van der Waals surface area contributed by atoms with Gasteiger partial charge in [-0.1, -0.05) is 24.3 Å². The fraction of sp³-hybridized carbons (Fsp3) is 0.231. The minimum atomic E-state index is -0.317. The lowest BCUT2D eigenvalue weighted by Crippen LogP contribution is -2.27. The number of aromatic hydroxyl groups is 1. The third-order valence-electron chi connectivity index (χ3n) is 3.09. The van der Waals surface area contributed by atoms with E-state index in [1.807, 2.05) is 24.3 Å². The summed E-state index contributed by atoms with van der Waals surface area (Å²) in [4.78, 5) is 0. The van der Waals surface area contributed by atoms with Crippen molar-refractivity contribution in [2.45, 2.75) is 12.5 Å². The Hall–Kier alpha value is -1.74. The van der Waals surface area contributed by atoms with Crippen molar-refractivity contribution in [2.75, 3.05) is 11.9 Å². The molecule has 0 aromatic heterocycles. The number of phenolic OH excluding ortho intramolecular Hbond substituents is 1. The first-order chi connectivity index (χ1) is 7.75. The molecule has 2 aromatic rings. The fourth-order valence-electron chi connectivity index (χ4n) is 2.31. The second-order valence-electron chi connectivity index (χ2n) is 4.21. The largest absolute Gasteiger partial charge is 0.507 e. The van der Waals surface area contributed by atoms with Crippen LogP contribution in [0.4, 0.5) is 5.69 Å². The zero-order chi connectivity index (χ0) is 11.1. The molecule has 0 radical (unpaired) electrons. The minimum Gasteiger partial charge on any atom is -0.507 e. The van der Waals surface area contributed by atoms with Gasteiger partial charge in [-0.05, 0) is 11.6 Å². The third-order valence-corrected chi connectivity index (χ3v) is 3.09. The average Bonchev–Trinajstić information content (AvgIpc) is 2.28. The van der Waals surface area contributed by atoms with Crippen molar-refractivity contribution in [1.29, 1.82) is 0 Å². The molecule has 1 aliphatic heterocycles. The van der Waals surface area contributed by atoms with Crippen LogP contribution < -0.4 is 5.32 Å². The van der Waals surface area contributed by atoms with Gasteiger partial charge in [0.15, 0.2) is 0 Å². The Labute approximate surface area is 93.3 Å². The van der Waals surface area contributed by atoms with Crippen LogP contribution in [0, 0.1) is 0 Å². The van der Waals surface area contributed by atoms with Crippen molar-refractivity contribution in [3.63, 3.8) is 0 Å². The van der Waals surface area contributed by atoms with E-state index < -0.39 is 0 Å². The summed E-state index contributed by atoms with van der Waals surface area (Å²) in [6.07, 6.45) is 0.357. The van der Waals surface area contributed by atoms with Crippen LogP contribution in [-0.2, 0) is 6.42 Å². The smallest absolute Gasteiger partial charge is 0.123 e. The first-order valence-electron chi connectivity index (χ1n) is 5.41. The van der Waals surface area contributed by atoms with Crippen LogP contribution in [0.2, 0.25) is 0 Å². The lowest BCUT2D eigenvalue weighted by molar-refractivity contribution is 0.185. The number of β-amino-alcohol motifs (C(OH)–C–C–N with tert-alkyl or cyclic N) is 1. The Morgan fingerprint density at radius 3 is 2.88 bits per heavy atom. The van der Waals surface area contributed by atoms with Gasteiger partial charge in [-0.15, -0.1) is 0 Å². The van der Waals surface area contributed by atoms with E-state index in [1.54, 1.807) is 6.07 Å². The van der Waals surface area contributed by atoms with E-state index in [0.29, 0.717) is 18.7 Å². The van der Waals surface area contributed by atoms with Gasteiger partial charge in [0.05, 0.1) is 6.10 Å². The molecule has 3 heteroatoms. The fourth-order valence-corrected chi connectivity index (χ4v) is 2.31. The Kier molecular flexibility index (Phi) is 2.01. The standard InChI is InChI=1S/C13H13NO2/c15-9-6-8-4-5-10-11(13(8)14-7-9)2-1-3-12(10)16/h1-5,9,14-16H,6-7H2. The molecule has 3 N–H and O–H groups in total. The van der Waals surface area contributed by atoms with E-state index >= 15 is 0 Å². The summed E-state index contributed by atoms with van der Waals surface area (Å²) in [6, 6.07) is 9.38. The number of fused-ring (bicyclic) bond motifs is 3. The number of benzene rings is 2. The van der Waals surface area contributed by atoms with Crippen molar-refractivity contribution in [3.8, 4) is 5.75 Å². The van der Waals surface area contributed by atoms with Crippen LogP contribution in [0.25, 0.3) is 10.8 Å². The SMILES string of the molecule is Oc1cccc2c3c(ccc12)CC(O)CN3. The second kappa shape index (κ2) is 3.39. The van der Waals surface area contributed by atoms with Crippen molar-refractivity contribution >= 4 is 16.5 Å². The number of rotatable bonds is 0. The molecule has 0 aliphatic carbocycles. The van der Waals surface area contributed by atoms with Gasteiger partial charge in [-0.25, -0.2) is 0 Å². The molecule has 82 valence electrons. The summed E-state index contributed by atoms with van der Waals surface area (Å²) in [7, 11) is 0. The molecule has 1 heterocycles. The highest BCUT2D eigenvalue weighted by Crippen LogP contribution is 2.34. The number of aliphatic hydroxyl groups excluding tert-OH is 1. The highest BCUT2D eigenvalue weighted by molar-refractivity contribution is 5.99. The van der Waals surface area contributed by atoms with Crippen LogP contribution in [0.15, 0.2) is 30.3 Å². The quantitative estimate of drug-likeness (QED) is 0.629. The van der Waals surface area contributed by atoms with E-state index in [2.05, 4.69) is 5.32 Å². The molecular weight excluding hydrogens is 202 g/mol. The van der Waals surface area contributed by atoms with E-state index in [9.17, 15) is 10.2 Å². The second-order valence-corrected chi connectivity index (χ2v) is 4.21. The summed E-state index contributed by atoms with van der Waals surface area (Å²) in [6.45, 7) is 0.571. The van der Waals surface area contributed by atoms with Gasteiger partial charge >= 0.3 is 0 Å². The molecule has 1 aliphatic rings. The molecule has 0 fully saturated rings. The van der Waals surface area contributed by atoms with Crippen molar-refractivity contribution < 1.29 is 10.2 Å². The van der Waals surface area contributed by atoms with Crippen LogP contribution >= 0.6 is 0 Å². The van der Waals surface area contributed by atoms with Gasteiger partial charge in [0, 0.05) is 29.4 Å². The zero-order valence-corrected chi connectivity index (χ0v) is 8.77. The molecule has 16 heavy (non-hydrogen) atoms. The maximum Gasteiger partial charge on any atom is 0.123 e. The molecular formula is C13H13NO2. The number of aliphatic hydroxyl groups is 1. The van der Waals surface area contributed by atoms with Gasteiger partial charge < -0.3 is 15.5 Å². The van der Waals surface area contributed by atoms with Crippen LogP contribution in [0.5, 0.6) is 5.75 Å². The predicted octanol–water partition coefficient (Wildman–Crippen LogP) is 1.87. The number of phenols is 1. The normalized spacial score (nSPS) is 19.2. The van der Waals surface area contributed by atoms with E-state index in [0.717, 1.165) is 22.0 Å². The maximum absolute atomic E-state index is 9.75. The van der Waals surface area contributed by atoms with Gasteiger partial charge in [0.25, 0.3) is 0 Å². The van der Waals surface area contributed by atoms with E-state index in [4.69, 9.17) is 0 Å². The Bertz CT molecular complexity index is 551. The molecule has 0 amide bonds. The lowest BCUT2D eigenvalue weighted by atomic mass is 9.96. The third kappa shape index (κ3) is 1.32. The first-order valence-corrected chi connectivity index (χ1v) is 5.41. The molecule has 0 bridgehead atoms. The Morgan fingerprint density at radius 1 is 1.12 bits per heavy atom. The van der Waals surface area contributed by atoms with Crippen molar-refractivity contribution in [1.82, 2.24) is 0 Å². The molecule has 0 saturated heterocycles. The number of anilines is 1. The average molecular weight is 215 g/mol. The summed E-state index contributed by atoms with van der Waals surface area (Å²) < 4.78 is 0. The van der Waals surface area contributed by atoms with Gasteiger partial charge in [-0.3, -0.25) is 0 Å². The van der Waals surface area contributed by atoms with Crippen molar-refractivity contribution in [2.24, 2.45) is 0 Å². The number of hydrogen-bond donors (Lipinski definition) is 3. The topological polar surface area (TPSA) is 52.5 Å². The molecule has 3 nitrogen and oxygen atoms in total. The molecule has 3 rings (SSSR count). The summed E-state index contributed by atoms with van der Waals surface area (Å²) >= 11 is 0. The maximum atomic E-state index is 9.75. The summed E-state index contributed by atoms with van der Waals surface area (Å²) in [5.41, 5.74) is 2.15. The number of nitrogens with one attached hydrogen (secondary N) is 1. The zero-order valence-electron chi connectivity index (χ0n) is 8.77. The highest BCUT2D eigenvalue weighted by atomic mass is 16.3. The summed E-state index contributed by atoms with van der Waals surface area (Å²) in [5, 5.41) is 24.4. The first kappa shape index (κ1) is 9.48. The van der Waals surface area contributed by atoms with E-state index in [1.165, 1.54) is 0 Å². The molecule has 1 atom stereocenters. The Balaban J connectivity index is 2.28. The van der Waals surface area contributed by atoms with Gasteiger partial charge in [-0.2, -0.15) is 0 Å². The minimum absolute atomic E-state index is 0.299. The predicted molar refractivity (Wildman–Crippen MR) is 63.8 cm³/mol. The molecule has 2 aromatic carbocycles. The molecule has 0 saturated carbocycles. The van der Waals surface area contributed by atoms with Crippen LogP contribution in [-0.4, -0.2) is 22.9 Å².